The lowest BCUT2D eigenvalue weighted by Gasteiger charge is -2.12. The Bertz CT molecular complexity index is 805. The molecule has 0 aliphatic rings. The lowest BCUT2D eigenvalue weighted by Crippen LogP contribution is -1.98. The number of nitrogen functional groups attached to an aromatic ring is 1. The Hall–Kier alpha value is -2.82. The highest BCUT2D eigenvalue weighted by Crippen LogP contribution is 2.31. The zero-order valence-electron chi connectivity index (χ0n) is 11.4. The summed E-state index contributed by atoms with van der Waals surface area (Å²) in [6.07, 6.45) is 1.72. The van der Waals surface area contributed by atoms with Crippen molar-refractivity contribution in [3.63, 3.8) is 0 Å². The molecule has 0 amide bonds. The van der Waals surface area contributed by atoms with Gasteiger partial charge in [-0.3, -0.25) is 4.98 Å². The predicted octanol–water partition coefficient (Wildman–Crippen LogP) is 3.71. The van der Waals surface area contributed by atoms with Crippen molar-refractivity contribution in [2.75, 3.05) is 18.2 Å². The summed E-state index contributed by atoms with van der Waals surface area (Å²) in [5.41, 5.74) is 9.03. The third kappa shape index (κ3) is 2.45. The Balaban J connectivity index is 2.00. The number of ether oxygens (including phenoxy) is 1. The highest BCUT2D eigenvalue weighted by Gasteiger charge is 2.07. The van der Waals surface area contributed by atoms with Gasteiger partial charge in [-0.25, -0.2) is 4.39 Å². The number of anilines is 3. The van der Waals surface area contributed by atoms with Gasteiger partial charge in [-0.05, 0) is 36.4 Å². The predicted molar refractivity (Wildman–Crippen MR) is 82.4 cm³/mol. The van der Waals surface area contributed by atoms with Crippen molar-refractivity contribution < 1.29 is 9.13 Å². The van der Waals surface area contributed by atoms with E-state index in [4.69, 9.17) is 10.5 Å². The molecule has 21 heavy (non-hydrogen) atoms. The largest absolute Gasteiger partial charge is 0.494 e. The van der Waals surface area contributed by atoms with Crippen LogP contribution in [0.2, 0.25) is 0 Å². The average molecular weight is 283 g/mol. The third-order valence-electron chi connectivity index (χ3n) is 3.26. The number of nitrogens with two attached hydrogens (primary N) is 1. The molecule has 0 spiro atoms. The van der Waals surface area contributed by atoms with Gasteiger partial charge in [-0.15, -0.1) is 0 Å². The maximum Gasteiger partial charge on any atom is 0.165 e. The second kappa shape index (κ2) is 5.28. The van der Waals surface area contributed by atoms with E-state index in [-0.39, 0.29) is 5.75 Å². The lowest BCUT2D eigenvalue weighted by atomic mass is 10.1. The van der Waals surface area contributed by atoms with Crippen molar-refractivity contribution in [1.29, 1.82) is 0 Å². The van der Waals surface area contributed by atoms with E-state index >= 15 is 0 Å². The minimum atomic E-state index is -0.404. The van der Waals surface area contributed by atoms with Crippen LogP contribution in [0, 0.1) is 5.82 Å². The molecule has 1 heterocycles. The van der Waals surface area contributed by atoms with Gasteiger partial charge in [0.2, 0.25) is 0 Å². The van der Waals surface area contributed by atoms with Crippen LogP contribution in [0.3, 0.4) is 0 Å². The SMILES string of the molecule is COc1cc(Nc2ccc3ncccc3c2N)ccc1F. The maximum atomic E-state index is 13.4. The second-order valence-corrected chi connectivity index (χ2v) is 4.57. The van der Waals surface area contributed by atoms with Crippen LogP contribution < -0.4 is 15.8 Å². The van der Waals surface area contributed by atoms with Crippen molar-refractivity contribution in [2.24, 2.45) is 0 Å². The summed E-state index contributed by atoms with van der Waals surface area (Å²) in [6.45, 7) is 0. The summed E-state index contributed by atoms with van der Waals surface area (Å²) >= 11 is 0. The molecular formula is C16H14FN3O. The van der Waals surface area contributed by atoms with E-state index < -0.39 is 5.82 Å². The molecule has 5 heteroatoms. The fraction of sp³-hybridized carbons (Fsp3) is 0.0625. The number of methoxy groups -OCH3 is 1. The molecule has 106 valence electrons. The Morgan fingerprint density at radius 3 is 2.86 bits per heavy atom. The van der Waals surface area contributed by atoms with Gasteiger partial charge in [-0.1, -0.05) is 0 Å². The topological polar surface area (TPSA) is 60.2 Å². The number of hydrogen-bond acceptors (Lipinski definition) is 4. The average Bonchev–Trinajstić information content (AvgIpc) is 2.52. The molecule has 2 aromatic carbocycles. The minimum absolute atomic E-state index is 0.182. The number of nitrogens with one attached hydrogen (secondary N) is 1. The highest BCUT2D eigenvalue weighted by atomic mass is 19.1. The van der Waals surface area contributed by atoms with Crippen LogP contribution in [-0.4, -0.2) is 12.1 Å². The highest BCUT2D eigenvalue weighted by molar-refractivity contribution is 5.97. The van der Waals surface area contributed by atoms with E-state index in [2.05, 4.69) is 10.3 Å². The molecule has 0 fully saturated rings. The second-order valence-electron chi connectivity index (χ2n) is 4.57. The molecule has 0 bridgehead atoms. The van der Waals surface area contributed by atoms with Gasteiger partial charge in [-0.2, -0.15) is 0 Å². The molecule has 3 N–H and O–H groups in total. The number of fused-ring (bicyclic) bond motifs is 1. The van der Waals surface area contributed by atoms with Crippen LogP contribution in [0.4, 0.5) is 21.5 Å². The van der Waals surface area contributed by atoms with Gasteiger partial charge in [0.15, 0.2) is 11.6 Å². The standard InChI is InChI=1S/C16H14FN3O/c1-21-15-9-10(4-5-12(15)17)20-14-7-6-13-11(16(14)18)3-2-8-19-13/h2-9,20H,18H2,1H3. The molecule has 0 aliphatic heterocycles. The van der Waals surface area contributed by atoms with Crippen molar-refractivity contribution >= 4 is 28.0 Å². The molecule has 1 aromatic heterocycles. The summed E-state index contributed by atoms with van der Waals surface area (Å²) in [7, 11) is 1.43. The van der Waals surface area contributed by atoms with Crippen molar-refractivity contribution in [1.82, 2.24) is 4.98 Å². The fourth-order valence-electron chi connectivity index (χ4n) is 2.18. The summed E-state index contributed by atoms with van der Waals surface area (Å²) in [4.78, 5) is 4.25. The summed E-state index contributed by atoms with van der Waals surface area (Å²) in [5, 5.41) is 4.04. The lowest BCUT2D eigenvalue weighted by molar-refractivity contribution is 0.387. The number of rotatable bonds is 3. The molecule has 0 unspecified atom stereocenters. The van der Waals surface area contributed by atoms with Crippen LogP contribution in [-0.2, 0) is 0 Å². The summed E-state index contributed by atoms with van der Waals surface area (Å²) in [6, 6.07) is 12.0. The van der Waals surface area contributed by atoms with E-state index in [0.717, 1.165) is 16.6 Å². The van der Waals surface area contributed by atoms with Gasteiger partial charge in [0, 0.05) is 23.3 Å². The van der Waals surface area contributed by atoms with Crippen LogP contribution in [0.1, 0.15) is 0 Å². The van der Waals surface area contributed by atoms with Gasteiger partial charge >= 0.3 is 0 Å². The maximum absolute atomic E-state index is 13.4. The van der Waals surface area contributed by atoms with Gasteiger partial charge in [0.05, 0.1) is 24.0 Å². The van der Waals surface area contributed by atoms with E-state index in [0.29, 0.717) is 11.4 Å². The Morgan fingerprint density at radius 2 is 2.05 bits per heavy atom. The molecule has 0 saturated heterocycles. The Morgan fingerprint density at radius 1 is 1.19 bits per heavy atom. The first-order valence-corrected chi connectivity index (χ1v) is 6.43. The summed E-state index contributed by atoms with van der Waals surface area (Å²) in [5.74, 6) is -0.222. The normalized spacial score (nSPS) is 10.6. The number of aromatic nitrogens is 1. The number of hydrogen-bond donors (Lipinski definition) is 2. The van der Waals surface area contributed by atoms with Crippen molar-refractivity contribution in [2.45, 2.75) is 0 Å². The van der Waals surface area contributed by atoms with Crippen LogP contribution in [0.25, 0.3) is 10.9 Å². The molecule has 0 atom stereocenters. The number of pyridine rings is 1. The van der Waals surface area contributed by atoms with Crippen LogP contribution >= 0.6 is 0 Å². The smallest absolute Gasteiger partial charge is 0.165 e. The van der Waals surface area contributed by atoms with Crippen molar-refractivity contribution in [3.05, 3.63) is 54.5 Å². The monoisotopic (exact) mass is 283 g/mol. The van der Waals surface area contributed by atoms with Crippen molar-refractivity contribution in [3.8, 4) is 5.75 Å². The molecular weight excluding hydrogens is 269 g/mol. The molecule has 0 aliphatic carbocycles. The first-order valence-electron chi connectivity index (χ1n) is 6.43. The Kier molecular flexibility index (Phi) is 3.31. The zero-order valence-corrected chi connectivity index (χ0v) is 11.4. The molecule has 0 saturated carbocycles. The third-order valence-corrected chi connectivity index (χ3v) is 3.26. The summed E-state index contributed by atoms with van der Waals surface area (Å²) < 4.78 is 18.4. The van der Waals surface area contributed by atoms with Gasteiger partial charge < -0.3 is 15.8 Å². The van der Waals surface area contributed by atoms with E-state index in [1.807, 2.05) is 24.3 Å². The van der Waals surface area contributed by atoms with Crippen LogP contribution in [0.5, 0.6) is 5.75 Å². The first-order chi connectivity index (χ1) is 10.2. The quantitative estimate of drug-likeness (QED) is 0.719. The van der Waals surface area contributed by atoms with E-state index in [1.165, 1.54) is 13.2 Å². The first kappa shape index (κ1) is 13.2. The van der Waals surface area contributed by atoms with Gasteiger partial charge in [0.1, 0.15) is 0 Å². The molecule has 3 aromatic rings. The number of halogens is 1. The Labute approximate surface area is 121 Å². The fourth-order valence-corrected chi connectivity index (χ4v) is 2.18. The number of nitrogens with zero attached hydrogens (tertiary/aromatic N) is 1. The van der Waals surface area contributed by atoms with E-state index in [1.54, 1.807) is 18.3 Å². The zero-order chi connectivity index (χ0) is 14.8. The minimum Gasteiger partial charge on any atom is -0.494 e. The molecule has 3 rings (SSSR count). The van der Waals surface area contributed by atoms with Gasteiger partial charge in [0.25, 0.3) is 0 Å². The molecule has 4 nitrogen and oxygen atoms in total. The number of benzene rings is 2. The molecule has 0 radical (unpaired) electrons. The van der Waals surface area contributed by atoms with Crippen LogP contribution in [0.15, 0.2) is 48.7 Å². The van der Waals surface area contributed by atoms with E-state index in [9.17, 15) is 4.39 Å².